The molecule has 0 saturated carbocycles. The van der Waals surface area contributed by atoms with E-state index >= 15 is 0 Å². The van der Waals surface area contributed by atoms with Crippen molar-refractivity contribution in [3.05, 3.63) is 0 Å². The third kappa shape index (κ3) is 63.8. The van der Waals surface area contributed by atoms with Crippen LogP contribution < -0.4 is 0 Å². The number of esters is 3. The lowest BCUT2D eigenvalue weighted by atomic mass is 9.99. The summed E-state index contributed by atoms with van der Waals surface area (Å²) in [6, 6.07) is 0. The van der Waals surface area contributed by atoms with E-state index in [0.29, 0.717) is 19.3 Å². The Bertz CT molecular complexity index is 1230. The summed E-state index contributed by atoms with van der Waals surface area (Å²) < 4.78 is 17.0. The standard InChI is InChI=1S/C73H142O6/c1-7-68(5)60-54-48-42-36-30-24-18-14-10-12-16-20-28-34-40-46-52-58-64-73(76)79-70(66-78-72(75)63-57-51-45-39-33-27-22-21-25-31-37-43-49-55-61-69(6)8-2)65-77-71(74)62-56-50-44-38-32-26-19-15-11-9-13-17-23-29-35-41-47-53-59-67(3)4/h67-70H,7-66H2,1-6H3/t68?,69?,70-/m0/s1. The molecule has 2 unspecified atom stereocenters. The van der Waals surface area contributed by atoms with E-state index < -0.39 is 6.10 Å². The minimum absolute atomic E-state index is 0.0616. The first-order valence-corrected chi connectivity index (χ1v) is 36.2. The quantitative estimate of drug-likeness (QED) is 0.0343. The van der Waals surface area contributed by atoms with Crippen LogP contribution in [0.2, 0.25) is 0 Å². The van der Waals surface area contributed by atoms with Crippen molar-refractivity contribution in [3.63, 3.8) is 0 Å². The van der Waals surface area contributed by atoms with Gasteiger partial charge in [-0.05, 0) is 37.0 Å². The van der Waals surface area contributed by atoms with E-state index in [4.69, 9.17) is 14.2 Å². The Kier molecular flexibility index (Phi) is 62.7. The maximum Gasteiger partial charge on any atom is 0.306 e. The molecule has 0 aliphatic rings. The van der Waals surface area contributed by atoms with Gasteiger partial charge in [0.25, 0.3) is 0 Å². The predicted molar refractivity (Wildman–Crippen MR) is 344 cm³/mol. The molecule has 6 nitrogen and oxygen atoms in total. The third-order valence-electron chi connectivity index (χ3n) is 17.6. The van der Waals surface area contributed by atoms with E-state index in [1.165, 1.54) is 295 Å². The van der Waals surface area contributed by atoms with Gasteiger partial charge in [0.05, 0.1) is 0 Å². The molecule has 470 valence electrons. The molecule has 0 aromatic heterocycles. The van der Waals surface area contributed by atoms with Crippen molar-refractivity contribution in [1.29, 1.82) is 0 Å². The molecular formula is C73H142O6. The Morgan fingerprint density at radius 1 is 0.253 bits per heavy atom. The second-order valence-corrected chi connectivity index (χ2v) is 26.2. The van der Waals surface area contributed by atoms with Gasteiger partial charge in [0, 0.05) is 19.3 Å². The normalized spacial score (nSPS) is 12.8. The lowest BCUT2D eigenvalue weighted by Gasteiger charge is -2.18. The van der Waals surface area contributed by atoms with Crippen LogP contribution in [0.1, 0.15) is 414 Å². The van der Waals surface area contributed by atoms with Gasteiger partial charge in [-0.3, -0.25) is 14.4 Å². The van der Waals surface area contributed by atoms with Gasteiger partial charge in [-0.1, -0.05) is 375 Å². The molecule has 0 fully saturated rings. The van der Waals surface area contributed by atoms with Crippen LogP contribution in [0.25, 0.3) is 0 Å². The summed E-state index contributed by atoms with van der Waals surface area (Å²) in [5.74, 6) is 1.84. The molecular weight excluding hydrogens is 973 g/mol. The third-order valence-corrected chi connectivity index (χ3v) is 17.6. The molecule has 0 radical (unpaired) electrons. The molecule has 0 bridgehead atoms. The van der Waals surface area contributed by atoms with Gasteiger partial charge in [-0.25, -0.2) is 0 Å². The number of unbranched alkanes of at least 4 members (excludes halogenated alkanes) is 47. The van der Waals surface area contributed by atoms with Crippen molar-refractivity contribution in [2.75, 3.05) is 13.2 Å². The van der Waals surface area contributed by atoms with E-state index in [0.717, 1.165) is 75.5 Å². The zero-order valence-corrected chi connectivity index (χ0v) is 54.7. The fraction of sp³-hybridized carbons (Fsp3) is 0.959. The predicted octanol–water partition coefficient (Wildman–Crippen LogP) is 24.6. The summed E-state index contributed by atoms with van der Waals surface area (Å²) in [5, 5.41) is 0. The van der Waals surface area contributed by atoms with Gasteiger partial charge < -0.3 is 14.2 Å². The first-order valence-electron chi connectivity index (χ1n) is 36.2. The van der Waals surface area contributed by atoms with Crippen molar-refractivity contribution >= 4 is 17.9 Å². The van der Waals surface area contributed by atoms with Crippen molar-refractivity contribution in [3.8, 4) is 0 Å². The summed E-state index contributed by atoms with van der Waals surface area (Å²) in [5.41, 5.74) is 0. The smallest absolute Gasteiger partial charge is 0.306 e. The van der Waals surface area contributed by atoms with Crippen molar-refractivity contribution in [1.82, 2.24) is 0 Å². The van der Waals surface area contributed by atoms with E-state index in [2.05, 4.69) is 41.5 Å². The number of hydrogen-bond acceptors (Lipinski definition) is 6. The van der Waals surface area contributed by atoms with Gasteiger partial charge in [0.15, 0.2) is 6.10 Å². The zero-order chi connectivity index (χ0) is 57.6. The summed E-state index contributed by atoms with van der Waals surface area (Å²) in [4.78, 5) is 38.5. The minimum Gasteiger partial charge on any atom is -0.462 e. The van der Waals surface area contributed by atoms with Crippen LogP contribution in [0, 0.1) is 17.8 Å². The molecule has 0 heterocycles. The minimum atomic E-state index is -0.766. The van der Waals surface area contributed by atoms with E-state index in [9.17, 15) is 14.4 Å². The summed E-state index contributed by atoms with van der Waals surface area (Å²) >= 11 is 0. The van der Waals surface area contributed by atoms with Crippen LogP contribution in [0.15, 0.2) is 0 Å². The molecule has 0 aliphatic heterocycles. The SMILES string of the molecule is CCC(C)CCCCCCCCCCCCCCCCCCCCC(=O)O[C@@H](COC(=O)CCCCCCCCCCCCCCCCCCCCC(C)C)COC(=O)CCCCCCCCCCCCCCCCC(C)CC. The zero-order valence-electron chi connectivity index (χ0n) is 54.7. The molecule has 3 atom stereocenters. The largest absolute Gasteiger partial charge is 0.462 e. The van der Waals surface area contributed by atoms with E-state index in [-0.39, 0.29) is 31.1 Å². The van der Waals surface area contributed by atoms with Crippen LogP contribution in [-0.2, 0) is 28.6 Å². The second-order valence-electron chi connectivity index (χ2n) is 26.2. The molecule has 0 aromatic rings. The van der Waals surface area contributed by atoms with Crippen molar-refractivity contribution in [2.24, 2.45) is 17.8 Å². The molecule has 0 rings (SSSR count). The van der Waals surface area contributed by atoms with Crippen LogP contribution in [0.4, 0.5) is 0 Å². The van der Waals surface area contributed by atoms with Crippen molar-refractivity contribution < 1.29 is 28.6 Å². The highest BCUT2D eigenvalue weighted by atomic mass is 16.6. The summed E-state index contributed by atoms with van der Waals surface area (Å²) in [6.45, 7) is 13.9. The Morgan fingerprint density at radius 2 is 0.443 bits per heavy atom. The molecule has 0 spiro atoms. The van der Waals surface area contributed by atoms with Gasteiger partial charge >= 0.3 is 17.9 Å². The molecule has 6 heteroatoms. The summed E-state index contributed by atoms with van der Waals surface area (Å²) in [6.07, 6.45) is 72.5. The lowest BCUT2D eigenvalue weighted by molar-refractivity contribution is -0.167. The average molecular weight is 1120 g/mol. The number of ether oxygens (including phenoxy) is 3. The maximum absolute atomic E-state index is 13.0. The highest BCUT2D eigenvalue weighted by Crippen LogP contribution is 2.21. The molecule has 0 saturated heterocycles. The highest BCUT2D eigenvalue weighted by Gasteiger charge is 2.20. The molecule has 0 aromatic carbocycles. The number of rotatable bonds is 66. The molecule has 79 heavy (non-hydrogen) atoms. The monoisotopic (exact) mass is 1120 g/mol. The van der Waals surface area contributed by atoms with Crippen LogP contribution >= 0.6 is 0 Å². The Labute approximate surface area is 495 Å². The second kappa shape index (κ2) is 64.0. The average Bonchev–Trinajstić information content (AvgIpc) is 3.44. The first-order chi connectivity index (χ1) is 38.7. The fourth-order valence-corrected chi connectivity index (χ4v) is 11.4. The molecule has 0 N–H and O–H groups in total. The lowest BCUT2D eigenvalue weighted by Crippen LogP contribution is -2.30. The van der Waals surface area contributed by atoms with Crippen LogP contribution in [0.5, 0.6) is 0 Å². The van der Waals surface area contributed by atoms with Crippen LogP contribution in [-0.4, -0.2) is 37.2 Å². The molecule has 0 amide bonds. The Hall–Kier alpha value is -1.59. The molecule has 0 aliphatic carbocycles. The Morgan fingerprint density at radius 3 is 0.658 bits per heavy atom. The van der Waals surface area contributed by atoms with Gasteiger partial charge in [0.1, 0.15) is 13.2 Å². The van der Waals surface area contributed by atoms with Crippen LogP contribution in [0.3, 0.4) is 0 Å². The van der Waals surface area contributed by atoms with E-state index in [1.807, 2.05) is 0 Å². The number of carbonyl (C=O) groups is 3. The maximum atomic E-state index is 13.0. The van der Waals surface area contributed by atoms with Gasteiger partial charge in [-0.2, -0.15) is 0 Å². The van der Waals surface area contributed by atoms with Gasteiger partial charge in [0.2, 0.25) is 0 Å². The van der Waals surface area contributed by atoms with E-state index in [1.54, 1.807) is 0 Å². The first kappa shape index (κ1) is 77.4. The summed E-state index contributed by atoms with van der Waals surface area (Å²) in [7, 11) is 0. The van der Waals surface area contributed by atoms with Crippen molar-refractivity contribution in [2.45, 2.75) is 420 Å². The fourth-order valence-electron chi connectivity index (χ4n) is 11.4. The number of hydrogen-bond donors (Lipinski definition) is 0. The number of carbonyl (C=O) groups excluding carboxylic acids is 3. The topological polar surface area (TPSA) is 78.9 Å². The Balaban J connectivity index is 4.28. The highest BCUT2D eigenvalue weighted by molar-refractivity contribution is 5.71. The van der Waals surface area contributed by atoms with Gasteiger partial charge in [-0.15, -0.1) is 0 Å².